The summed E-state index contributed by atoms with van der Waals surface area (Å²) in [5.41, 5.74) is -0.143. The molecule has 0 saturated heterocycles. The lowest BCUT2D eigenvalue weighted by molar-refractivity contribution is -0.393. The van der Waals surface area contributed by atoms with E-state index >= 15 is 0 Å². The molecule has 0 atom stereocenters. The summed E-state index contributed by atoms with van der Waals surface area (Å²) in [6.45, 7) is 1.41. The normalized spacial score (nSPS) is 9.75. The van der Waals surface area contributed by atoms with Gasteiger partial charge in [0.15, 0.2) is 0 Å². The van der Waals surface area contributed by atoms with Crippen molar-refractivity contribution in [1.29, 1.82) is 0 Å². The zero-order valence-corrected chi connectivity index (χ0v) is 6.07. The van der Waals surface area contributed by atoms with Crippen LogP contribution in [0.3, 0.4) is 0 Å². The zero-order valence-electron chi connectivity index (χ0n) is 6.07. The number of nitro groups is 1. The molecule has 1 rings (SSSR count). The minimum absolute atomic E-state index is 0.175. The number of aromatic nitrogens is 2. The monoisotopic (exact) mass is 171 g/mol. The number of hydrogen-bond donors (Lipinski definition) is 2. The molecule has 1 aromatic rings. The Morgan fingerprint density at radius 2 is 2.33 bits per heavy atom. The summed E-state index contributed by atoms with van der Waals surface area (Å²) in [6, 6.07) is 0. The molecule has 0 aromatic carbocycles. The van der Waals surface area contributed by atoms with Gasteiger partial charge in [0.05, 0.1) is 0 Å². The first-order chi connectivity index (χ1) is 5.52. The topological polar surface area (TPSA) is 109 Å². The van der Waals surface area contributed by atoms with Crippen molar-refractivity contribution in [3.05, 3.63) is 21.5 Å². The molecule has 0 unspecified atom stereocenters. The quantitative estimate of drug-likeness (QED) is 0.492. The number of aromatic amines is 1. The summed E-state index contributed by atoms with van der Waals surface area (Å²) in [5.74, 6) is -1.83. The van der Waals surface area contributed by atoms with E-state index in [4.69, 9.17) is 5.11 Å². The van der Waals surface area contributed by atoms with Crippen molar-refractivity contribution < 1.29 is 14.8 Å². The predicted molar refractivity (Wildman–Crippen MR) is 36.9 cm³/mol. The molecule has 0 aliphatic heterocycles. The number of rotatable bonds is 2. The molecule has 1 heterocycles. The fraction of sp³-hybridized carbons (Fsp3) is 0.200. The van der Waals surface area contributed by atoms with E-state index in [2.05, 4.69) is 9.97 Å². The van der Waals surface area contributed by atoms with Crippen molar-refractivity contribution in [1.82, 2.24) is 9.97 Å². The van der Waals surface area contributed by atoms with Crippen LogP contribution in [0.2, 0.25) is 0 Å². The van der Waals surface area contributed by atoms with Crippen molar-refractivity contribution in [3.8, 4) is 0 Å². The van der Waals surface area contributed by atoms with E-state index in [1.807, 2.05) is 0 Å². The summed E-state index contributed by atoms with van der Waals surface area (Å²) in [6.07, 6.45) is 0. The lowest BCUT2D eigenvalue weighted by atomic mass is 10.4. The second-order valence-electron chi connectivity index (χ2n) is 2.10. The van der Waals surface area contributed by atoms with Crippen LogP contribution in [-0.2, 0) is 0 Å². The van der Waals surface area contributed by atoms with Gasteiger partial charge in [0, 0.05) is 0 Å². The van der Waals surface area contributed by atoms with Gasteiger partial charge in [-0.1, -0.05) is 4.98 Å². The Kier molecular flexibility index (Phi) is 1.78. The maximum Gasteiger partial charge on any atom is 0.433 e. The average Bonchev–Trinajstić information content (AvgIpc) is 2.30. The van der Waals surface area contributed by atoms with Crippen molar-refractivity contribution in [2.45, 2.75) is 6.92 Å². The Labute approximate surface area is 66.2 Å². The van der Waals surface area contributed by atoms with Crippen LogP contribution in [0.1, 0.15) is 16.2 Å². The van der Waals surface area contributed by atoms with Gasteiger partial charge >= 0.3 is 11.9 Å². The molecule has 0 spiro atoms. The lowest BCUT2D eigenvalue weighted by Crippen LogP contribution is -1.98. The predicted octanol–water partition coefficient (Wildman–Crippen LogP) is 0.325. The third-order valence-corrected chi connectivity index (χ3v) is 1.25. The van der Waals surface area contributed by atoms with E-state index in [0.29, 0.717) is 0 Å². The third-order valence-electron chi connectivity index (χ3n) is 1.25. The first kappa shape index (κ1) is 8.18. The second-order valence-corrected chi connectivity index (χ2v) is 2.10. The van der Waals surface area contributed by atoms with Crippen LogP contribution in [0.5, 0.6) is 0 Å². The molecular weight excluding hydrogens is 166 g/mol. The average molecular weight is 171 g/mol. The Morgan fingerprint density at radius 1 is 1.75 bits per heavy atom. The standard InChI is InChI=1S/C5H5N3O4/c1-2-3(4(9)10)7-5(6-2)8(11)12/h1H3,(H,6,7)(H,9,10). The van der Waals surface area contributed by atoms with Gasteiger partial charge in [-0.05, 0) is 11.8 Å². The van der Waals surface area contributed by atoms with Crippen molar-refractivity contribution in [3.63, 3.8) is 0 Å². The van der Waals surface area contributed by atoms with Crippen molar-refractivity contribution in [2.75, 3.05) is 0 Å². The van der Waals surface area contributed by atoms with Gasteiger partial charge in [-0.3, -0.25) is 0 Å². The zero-order chi connectivity index (χ0) is 9.30. The third kappa shape index (κ3) is 1.24. The van der Waals surface area contributed by atoms with E-state index < -0.39 is 16.8 Å². The summed E-state index contributed by atoms with van der Waals surface area (Å²) in [4.78, 5) is 25.2. The van der Waals surface area contributed by atoms with Crippen LogP contribution in [0.15, 0.2) is 0 Å². The fourth-order valence-corrected chi connectivity index (χ4v) is 0.739. The number of carbonyl (C=O) groups is 1. The molecule has 1 aromatic heterocycles. The molecule has 7 nitrogen and oxygen atoms in total. The highest BCUT2D eigenvalue weighted by Gasteiger charge is 2.22. The number of imidazole rings is 1. The molecule has 0 saturated carbocycles. The van der Waals surface area contributed by atoms with Crippen LogP contribution in [0.4, 0.5) is 5.95 Å². The summed E-state index contributed by atoms with van der Waals surface area (Å²) in [7, 11) is 0. The highest BCUT2D eigenvalue weighted by Crippen LogP contribution is 2.10. The summed E-state index contributed by atoms with van der Waals surface area (Å²) in [5, 5.41) is 18.6. The smallest absolute Gasteiger partial charge is 0.433 e. The van der Waals surface area contributed by atoms with E-state index in [0.717, 1.165) is 0 Å². The van der Waals surface area contributed by atoms with Gasteiger partial charge in [-0.15, -0.1) is 0 Å². The maximum atomic E-state index is 10.4. The number of nitrogens with zero attached hydrogens (tertiary/aromatic N) is 2. The van der Waals surface area contributed by atoms with Gasteiger partial charge in [0.2, 0.25) is 0 Å². The van der Waals surface area contributed by atoms with Crippen LogP contribution in [0.25, 0.3) is 0 Å². The van der Waals surface area contributed by atoms with Crippen LogP contribution < -0.4 is 0 Å². The fourth-order valence-electron chi connectivity index (χ4n) is 0.739. The molecule has 12 heavy (non-hydrogen) atoms. The minimum atomic E-state index is -1.28. The van der Waals surface area contributed by atoms with Crippen molar-refractivity contribution in [2.24, 2.45) is 0 Å². The van der Waals surface area contributed by atoms with Gasteiger partial charge < -0.3 is 15.2 Å². The Balaban J connectivity index is 3.17. The number of hydrogen-bond acceptors (Lipinski definition) is 4. The lowest BCUT2D eigenvalue weighted by Gasteiger charge is -1.84. The molecule has 0 amide bonds. The molecular formula is C5H5N3O4. The molecule has 7 heteroatoms. The van der Waals surface area contributed by atoms with E-state index in [9.17, 15) is 14.9 Å². The van der Waals surface area contributed by atoms with Gasteiger partial charge in [-0.25, -0.2) is 9.78 Å². The van der Waals surface area contributed by atoms with Crippen LogP contribution >= 0.6 is 0 Å². The minimum Gasteiger partial charge on any atom is -0.475 e. The van der Waals surface area contributed by atoms with Gasteiger partial charge in [0.1, 0.15) is 5.69 Å². The number of aryl methyl sites for hydroxylation is 1. The largest absolute Gasteiger partial charge is 0.475 e. The molecule has 0 aliphatic carbocycles. The number of carboxylic acid groups (broad SMARTS) is 1. The molecule has 0 radical (unpaired) electrons. The van der Waals surface area contributed by atoms with Gasteiger partial charge in [-0.2, -0.15) is 0 Å². The Hall–Kier alpha value is -1.92. The summed E-state index contributed by atoms with van der Waals surface area (Å²) < 4.78 is 0. The highest BCUT2D eigenvalue weighted by molar-refractivity contribution is 5.86. The van der Waals surface area contributed by atoms with E-state index in [-0.39, 0.29) is 11.4 Å². The number of nitrogens with one attached hydrogen (secondary N) is 1. The van der Waals surface area contributed by atoms with Gasteiger partial charge in [0.25, 0.3) is 5.69 Å². The first-order valence-corrected chi connectivity index (χ1v) is 2.96. The summed E-state index contributed by atoms with van der Waals surface area (Å²) >= 11 is 0. The number of carboxylic acids is 1. The van der Waals surface area contributed by atoms with Crippen LogP contribution in [-0.4, -0.2) is 26.0 Å². The molecule has 2 N–H and O–H groups in total. The highest BCUT2D eigenvalue weighted by atomic mass is 16.6. The SMILES string of the molecule is Cc1[nH]c([N+](=O)[O-])nc1C(=O)O. The number of aromatic carboxylic acids is 1. The molecule has 0 bridgehead atoms. The molecule has 64 valence electrons. The van der Waals surface area contributed by atoms with Crippen LogP contribution in [0, 0.1) is 17.0 Å². The second kappa shape index (κ2) is 2.61. The number of H-pyrrole nitrogens is 1. The van der Waals surface area contributed by atoms with E-state index in [1.54, 1.807) is 0 Å². The maximum absolute atomic E-state index is 10.4. The van der Waals surface area contributed by atoms with E-state index in [1.165, 1.54) is 6.92 Å². The molecule has 0 fully saturated rings. The van der Waals surface area contributed by atoms with Crippen molar-refractivity contribution >= 4 is 11.9 Å². The Bertz CT molecular complexity index is 342. The Morgan fingerprint density at radius 3 is 2.58 bits per heavy atom. The molecule has 0 aliphatic rings. The first-order valence-electron chi connectivity index (χ1n) is 2.96.